The maximum absolute atomic E-state index is 12.3. The molecule has 0 atom stereocenters. The summed E-state index contributed by atoms with van der Waals surface area (Å²) in [6.45, 7) is 6.59. The van der Waals surface area contributed by atoms with E-state index in [0.717, 1.165) is 43.1 Å². The maximum Gasteiger partial charge on any atom is 0.254 e. The molecule has 24 heavy (non-hydrogen) atoms. The highest BCUT2D eigenvalue weighted by molar-refractivity contribution is 5.82. The number of H-pyrrole nitrogens is 2. The van der Waals surface area contributed by atoms with Crippen molar-refractivity contribution in [2.45, 2.75) is 39.3 Å². The van der Waals surface area contributed by atoms with Crippen LogP contribution in [0.4, 0.5) is 0 Å². The standard InChI is InChI=1S/C19H22N4O/c1-12(2)18-21-16-11-23(9-7-15(16)19(24)22-18)10-14-5-3-4-13-6-8-20-17(13)14/h3-6,8,12,20H,7,9-11H2,1-2H3,(H,21,22,24). The number of nitrogens with zero attached hydrogens (tertiary/aromatic N) is 2. The Bertz CT molecular complexity index is 938. The molecule has 0 aliphatic carbocycles. The molecule has 0 fully saturated rings. The summed E-state index contributed by atoms with van der Waals surface area (Å²) in [6.07, 6.45) is 2.74. The fourth-order valence-electron chi connectivity index (χ4n) is 3.44. The van der Waals surface area contributed by atoms with Crippen molar-refractivity contribution in [2.75, 3.05) is 6.54 Å². The van der Waals surface area contributed by atoms with Crippen LogP contribution in [0, 0.1) is 0 Å². The van der Waals surface area contributed by atoms with Gasteiger partial charge in [0, 0.05) is 42.8 Å². The molecule has 3 heterocycles. The summed E-state index contributed by atoms with van der Waals surface area (Å²) in [6, 6.07) is 8.49. The van der Waals surface area contributed by atoms with Gasteiger partial charge in [0.25, 0.3) is 5.56 Å². The molecule has 0 bridgehead atoms. The molecular weight excluding hydrogens is 300 g/mol. The Balaban J connectivity index is 1.62. The van der Waals surface area contributed by atoms with Crippen molar-refractivity contribution in [3.63, 3.8) is 0 Å². The van der Waals surface area contributed by atoms with Gasteiger partial charge in [-0.3, -0.25) is 9.69 Å². The van der Waals surface area contributed by atoms with Crippen molar-refractivity contribution in [2.24, 2.45) is 0 Å². The van der Waals surface area contributed by atoms with E-state index >= 15 is 0 Å². The molecule has 0 radical (unpaired) electrons. The highest BCUT2D eigenvalue weighted by Gasteiger charge is 2.22. The Labute approximate surface area is 140 Å². The zero-order valence-electron chi connectivity index (χ0n) is 14.1. The van der Waals surface area contributed by atoms with E-state index in [1.807, 2.05) is 6.20 Å². The summed E-state index contributed by atoms with van der Waals surface area (Å²) in [7, 11) is 0. The fraction of sp³-hybridized carbons (Fsp3) is 0.368. The molecule has 0 amide bonds. The molecule has 1 aromatic carbocycles. The Kier molecular flexibility index (Phi) is 3.73. The minimum Gasteiger partial charge on any atom is -0.361 e. The minimum absolute atomic E-state index is 0.0369. The molecule has 3 aromatic rings. The van der Waals surface area contributed by atoms with Crippen LogP contribution in [0.3, 0.4) is 0 Å². The number of aromatic amines is 2. The van der Waals surface area contributed by atoms with Crippen LogP contribution in [0.5, 0.6) is 0 Å². The van der Waals surface area contributed by atoms with Crippen molar-refractivity contribution in [1.29, 1.82) is 0 Å². The maximum atomic E-state index is 12.3. The first kappa shape index (κ1) is 15.1. The summed E-state index contributed by atoms with van der Waals surface area (Å²) in [5, 5.41) is 1.24. The lowest BCUT2D eigenvalue weighted by Gasteiger charge is -2.28. The van der Waals surface area contributed by atoms with Crippen LogP contribution in [0.25, 0.3) is 10.9 Å². The number of benzene rings is 1. The molecule has 1 aliphatic heterocycles. The highest BCUT2D eigenvalue weighted by atomic mass is 16.1. The van der Waals surface area contributed by atoms with Gasteiger partial charge < -0.3 is 9.97 Å². The number of para-hydroxylation sites is 1. The van der Waals surface area contributed by atoms with Crippen molar-refractivity contribution in [3.05, 3.63) is 63.5 Å². The summed E-state index contributed by atoms with van der Waals surface area (Å²) in [5.41, 5.74) is 4.32. The zero-order valence-corrected chi connectivity index (χ0v) is 14.1. The zero-order chi connectivity index (χ0) is 16.7. The summed E-state index contributed by atoms with van der Waals surface area (Å²) in [5.74, 6) is 1.01. The van der Waals surface area contributed by atoms with Gasteiger partial charge in [0.05, 0.1) is 5.69 Å². The predicted molar refractivity (Wildman–Crippen MR) is 95.1 cm³/mol. The molecule has 5 heteroatoms. The van der Waals surface area contributed by atoms with E-state index in [9.17, 15) is 4.79 Å². The summed E-state index contributed by atoms with van der Waals surface area (Å²) in [4.78, 5) is 25.6. The number of rotatable bonds is 3. The van der Waals surface area contributed by atoms with Crippen LogP contribution < -0.4 is 5.56 Å². The predicted octanol–water partition coefficient (Wildman–Crippen LogP) is 2.93. The van der Waals surface area contributed by atoms with E-state index in [1.54, 1.807) is 0 Å². The quantitative estimate of drug-likeness (QED) is 0.779. The van der Waals surface area contributed by atoms with Crippen LogP contribution in [0.2, 0.25) is 0 Å². The number of hydrogen-bond donors (Lipinski definition) is 2. The molecule has 0 saturated heterocycles. The lowest BCUT2D eigenvalue weighted by molar-refractivity contribution is 0.240. The van der Waals surface area contributed by atoms with Gasteiger partial charge in [0.2, 0.25) is 0 Å². The fourth-order valence-corrected chi connectivity index (χ4v) is 3.44. The topological polar surface area (TPSA) is 64.8 Å². The number of hydrogen-bond acceptors (Lipinski definition) is 3. The second-order valence-corrected chi connectivity index (χ2v) is 6.85. The van der Waals surface area contributed by atoms with Crippen molar-refractivity contribution in [1.82, 2.24) is 19.9 Å². The van der Waals surface area contributed by atoms with Crippen LogP contribution in [0.1, 0.15) is 42.4 Å². The second-order valence-electron chi connectivity index (χ2n) is 6.85. The molecule has 0 saturated carbocycles. The smallest absolute Gasteiger partial charge is 0.254 e. The van der Waals surface area contributed by atoms with Crippen LogP contribution in [0.15, 0.2) is 35.3 Å². The van der Waals surface area contributed by atoms with Crippen LogP contribution in [-0.2, 0) is 19.5 Å². The molecule has 5 nitrogen and oxygen atoms in total. The molecule has 2 N–H and O–H groups in total. The van der Waals surface area contributed by atoms with Gasteiger partial charge in [-0.15, -0.1) is 0 Å². The number of aromatic nitrogens is 3. The molecule has 2 aromatic heterocycles. The number of nitrogens with one attached hydrogen (secondary N) is 2. The molecule has 0 spiro atoms. The van der Waals surface area contributed by atoms with Gasteiger partial charge in [-0.2, -0.15) is 0 Å². The molecule has 0 unspecified atom stereocenters. The van der Waals surface area contributed by atoms with E-state index < -0.39 is 0 Å². The molecule has 1 aliphatic rings. The summed E-state index contributed by atoms with van der Waals surface area (Å²) < 4.78 is 0. The molecule has 124 valence electrons. The van der Waals surface area contributed by atoms with E-state index in [4.69, 9.17) is 4.98 Å². The van der Waals surface area contributed by atoms with Crippen molar-refractivity contribution >= 4 is 10.9 Å². The van der Waals surface area contributed by atoms with E-state index in [2.05, 4.69) is 53.0 Å². The van der Waals surface area contributed by atoms with Crippen LogP contribution in [-0.4, -0.2) is 26.4 Å². The van der Waals surface area contributed by atoms with E-state index in [-0.39, 0.29) is 11.5 Å². The first-order chi connectivity index (χ1) is 11.6. The average Bonchev–Trinajstić information content (AvgIpc) is 3.04. The van der Waals surface area contributed by atoms with Gasteiger partial charge in [-0.05, 0) is 23.4 Å². The van der Waals surface area contributed by atoms with E-state index in [0.29, 0.717) is 0 Å². The lowest BCUT2D eigenvalue weighted by Crippen LogP contribution is -2.35. The Morgan fingerprint density at radius 3 is 3.00 bits per heavy atom. The Morgan fingerprint density at radius 1 is 1.29 bits per heavy atom. The third-order valence-corrected chi connectivity index (χ3v) is 4.79. The number of fused-ring (bicyclic) bond motifs is 2. The first-order valence-corrected chi connectivity index (χ1v) is 8.51. The minimum atomic E-state index is 0.0369. The molecule has 4 rings (SSSR count). The van der Waals surface area contributed by atoms with Gasteiger partial charge in [-0.1, -0.05) is 32.0 Å². The van der Waals surface area contributed by atoms with Gasteiger partial charge >= 0.3 is 0 Å². The Morgan fingerprint density at radius 2 is 2.17 bits per heavy atom. The van der Waals surface area contributed by atoms with Gasteiger partial charge in [0.15, 0.2) is 0 Å². The lowest BCUT2D eigenvalue weighted by atomic mass is 10.0. The van der Waals surface area contributed by atoms with Crippen molar-refractivity contribution in [3.8, 4) is 0 Å². The van der Waals surface area contributed by atoms with Gasteiger partial charge in [0.1, 0.15) is 5.82 Å². The Hall–Kier alpha value is -2.40. The first-order valence-electron chi connectivity index (χ1n) is 8.51. The van der Waals surface area contributed by atoms with Crippen molar-refractivity contribution < 1.29 is 0 Å². The molecular formula is C19H22N4O. The third-order valence-electron chi connectivity index (χ3n) is 4.79. The highest BCUT2D eigenvalue weighted by Crippen LogP contribution is 2.22. The van der Waals surface area contributed by atoms with Crippen LogP contribution >= 0.6 is 0 Å². The average molecular weight is 322 g/mol. The van der Waals surface area contributed by atoms with E-state index in [1.165, 1.54) is 16.5 Å². The normalized spacial score (nSPS) is 15.1. The SMILES string of the molecule is CC(C)c1nc2c(c(=O)[nH]1)CCN(Cc1cccc3cc[nH]c13)C2. The monoisotopic (exact) mass is 322 g/mol. The summed E-state index contributed by atoms with van der Waals surface area (Å²) >= 11 is 0. The third kappa shape index (κ3) is 2.65. The van der Waals surface area contributed by atoms with Gasteiger partial charge in [-0.25, -0.2) is 4.98 Å². The largest absolute Gasteiger partial charge is 0.361 e. The second kappa shape index (κ2) is 5.91.